The van der Waals surface area contributed by atoms with E-state index in [9.17, 15) is 9.59 Å². The zero-order valence-corrected chi connectivity index (χ0v) is 20.3. The second-order valence-electron chi connectivity index (χ2n) is 7.77. The van der Waals surface area contributed by atoms with Crippen LogP contribution in [0.5, 0.6) is 0 Å². The zero-order valence-electron chi connectivity index (χ0n) is 17.9. The molecule has 2 aliphatic rings. The first-order valence-corrected chi connectivity index (χ1v) is 10.5. The van der Waals surface area contributed by atoms with Crippen LogP contribution in [0, 0.1) is 5.92 Å². The van der Waals surface area contributed by atoms with Crippen molar-refractivity contribution in [3.63, 3.8) is 0 Å². The number of carbonyl (C=O) groups is 2. The Labute approximate surface area is 191 Å². The fourth-order valence-electron chi connectivity index (χ4n) is 3.55. The van der Waals surface area contributed by atoms with Crippen molar-refractivity contribution >= 4 is 41.8 Å². The number of carbonyl (C=O) groups excluding carboxylic acids is 2. The summed E-state index contributed by atoms with van der Waals surface area (Å²) in [5, 5.41) is 6.78. The summed E-state index contributed by atoms with van der Waals surface area (Å²) in [4.78, 5) is 29.8. The molecular weight excluding hydrogens is 487 g/mol. The number of esters is 1. The number of nitrogens with zero attached hydrogens (tertiary/aromatic N) is 2. The normalized spacial score (nSPS) is 24.8. The van der Waals surface area contributed by atoms with Gasteiger partial charge in [0.1, 0.15) is 6.54 Å². The maximum absolute atomic E-state index is 11.9. The van der Waals surface area contributed by atoms with Gasteiger partial charge in [-0.1, -0.05) is 0 Å². The third-order valence-corrected chi connectivity index (χ3v) is 5.33. The lowest BCUT2D eigenvalue weighted by molar-refractivity contribution is -0.149. The van der Waals surface area contributed by atoms with Gasteiger partial charge in [0.05, 0.1) is 18.6 Å². The van der Waals surface area contributed by atoms with Gasteiger partial charge in [0.2, 0.25) is 5.91 Å². The van der Waals surface area contributed by atoms with E-state index in [0.29, 0.717) is 19.1 Å². The number of guanidine groups is 1. The van der Waals surface area contributed by atoms with E-state index < -0.39 is 0 Å². The largest absolute Gasteiger partial charge is 0.466 e. The van der Waals surface area contributed by atoms with Crippen molar-refractivity contribution in [3.8, 4) is 0 Å². The lowest BCUT2D eigenvalue weighted by atomic mass is 9.86. The fourth-order valence-corrected chi connectivity index (χ4v) is 3.55. The first-order chi connectivity index (χ1) is 13.5. The summed E-state index contributed by atoms with van der Waals surface area (Å²) in [5.74, 6) is 0.515. The number of nitrogens with one attached hydrogen (secondary N) is 2. The summed E-state index contributed by atoms with van der Waals surface area (Å²) in [6.07, 6.45) is 6.92. The van der Waals surface area contributed by atoms with Gasteiger partial charge in [-0.25, -0.2) is 4.99 Å². The lowest BCUT2D eigenvalue weighted by Gasteiger charge is -2.30. The maximum Gasteiger partial charge on any atom is 0.308 e. The van der Waals surface area contributed by atoms with Crippen molar-refractivity contribution in [2.45, 2.75) is 64.0 Å². The highest BCUT2D eigenvalue weighted by Gasteiger charge is 2.27. The fraction of sp³-hybridized carbons (Fsp3) is 0.850. The van der Waals surface area contributed by atoms with E-state index >= 15 is 0 Å². The molecule has 1 saturated heterocycles. The van der Waals surface area contributed by atoms with Crippen LogP contribution in [-0.2, 0) is 19.1 Å². The van der Waals surface area contributed by atoms with Gasteiger partial charge < -0.3 is 25.0 Å². The molecule has 1 saturated carbocycles. The molecular formula is C20H37IN4O4. The number of aliphatic imine (C=N–C) groups is 1. The lowest BCUT2D eigenvalue weighted by Crippen LogP contribution is -2.48. The number of hydrogen-bond acceptors (Lipinski definition) is 5. The van der Waals surface area contributed by atoms with E-state index in [1.807, 2.05) is 6.92 Å². The number of ether oxygens (including phenoxy) is 2. The van der Waals surface area contributed by atoms with Crippen LogP contribution in [-0.4, -0.2) is 75.3 Å². The highest BCUT2D eigenvalue weighted by Crippen LogP contribution is 2.25. The summed E-state index contributed by atoms with van der Waals surface area (Å²) < 4.78 is 10.9. The van der Waals surface area contributed by atoms with Crippen LogP contribution in [0.4, 0.5) is 0 Å². The van der Waals surface area contributed by atoms with E-state index in [1.165, 1.54) is 11.3 Å². The molecule has 29 heavy (non-hydrogen) atoms. The molecule has 0 aromatic rings. The highest BCUT2D eigenvalue weighted by atomic mass is 127. The molecule has 1 atom stereocenters. The molecule has 0 bridgehead atoms. The van der Waals surface area contributed by atoms with Crippen molar-refractivity contribution in [2.75, 3.05) is 40.4 Å². The number of amides is 1. The van der Waals surface area contributed by atoms with Crippen LogP contribution in [0.25, 0.3) is 0 Å². The van der Waals surface area contributed by atoms with Gasteiger partial charge in [0.25, 0.3) is 0 Å². The summed E-state index contributed by atoms with van der Waals surface area (Å²) >= 11 is 0. The molecule has 9 heteroatoms. The molecule has 0 spiro atoms. The number of rotatable bonds is 7. The first-order valence-electron chi connectivity index (χ1n) is 10.5. The Balaban J connectivity index is 0.00000420. The molecule has 1 amide bonds. The van der Waals surface area contributed by atoms with Crippen LogP contribution in [0.15, 0.2) is 4.99 Å². The number of halogens is 1. The monoisotopic (exact) mass is 524 g/mol. The molecule has 2 fully saturated rings. The Hall–Kier alpha value is -1.10. The van der Waals surface area contributed by atoms with E-state index in [4.69, 9.17) is 9.47 Å². The van der Waals surface area contributed by atoms with E-state index in [-0.39, 0.29) is 60.5 Å². The Bertz CT molecular complexity index is 531. The van der Waals surface area contributed by atoms with Crippen molar-refractivity contribution in [1.29, 1.82) is 0 Å². The molecule has 2 N–H and O–H groups in total. The van der Waals surface area contributed by atoms with E-state index in [1.54, 1.807) is 14.1 Å². The summed E-state index contributed by atoms with van der Waals surface area (Å²) in [6, 6.07) is 0.235. The Morgan fingerprint density at radius 3 is 2.45 bits per heavy atom. The van der Waals surface area contributed by atoms with Gasteiger partial charge in [-0.3, -0.25) is 9.59 Å². The molecule has 8 nitrogen and oxygen atoms in total. The van der Waals surface area contributed by atoms with Gasteiger partial charge in [-0.2, -0.15) is 0 Å². The minimum Gasteiger partial charge on any atom is -0.466 e. The van der Waals surface area contributed by atoms with E-state index in [0.717, 1.165) is 45.1 Å². The van der Waals surface area contributed by atoms with Crippen LogP contribution in [0.2, 0.25) is 0 Å². The van der Waals surface area contributed by atoms with Crippen LogP contribution in [0.3, 0.4) is 0 Å². The molecule has 2 rings (SSSR count). The quantitative estimate of drug-likeness (QED) is 0.229. The van der Waals surface area contributed by atoms with Crippen LogP contribution >= 0.6 is 24.0 Å². The predicted molar refractivity (Wildman–Crippen MR) is 124 cm³/mol. The van der Waals surface area contributed by atoms with Gasteiger partial charge in [0, 0.05) is 33.3 Å². The summed E-state index contributed by atoms with van der Waals surface area (Å²) in [7, 11) is 3.45. The van der Waals surface area contributed by atoms with Crippen molar-refractivity contribution < 1.29 is 19.1 Å². The van der Waals surface area contributed by atoms with Crippen molar-refractivity contribution in [2.24, 2.45) is 10.9 Å². The van der Waals surface area contributed by atoms with Gasteiger partial charge >= 0.3 is 5.97 Å². The third-order valence-electron chi connectivity index (χ3n) is 5.33. The minimum absolute atomic E-state index is 0. The molecule has 0 aromatic heterocycles. The Kier molecular flexibility index (Phi) is 12.5. The molecule has 0 radical (unpaired) electrons. The first kappa shape index (κ1) is 25.9. The van der Waals surface area contributed by atoms with Gasteiger partial charge in [-0.15, -0.1) is 24.0 Å². The summed E-state index contributed by atoms with van der Waals surface area (Å²) in [5.41, 5.74) is 0. The smallest absolute Gasteiger partial charge is 0.308 e. The topological polar surface area (TPSA) is 92.3 Å². The second-order valence-corrected chi connectivity index (χ2v) is 7.77. The molecule has 1 aliphatic heterocycles. The zero-order chi connectivity index (χ0) is 20.4. The number of hydrogen-bond donors (Lipinski definition) is 2. The average Bonchev–Trinajstić information content (AvgIpc) is 2.71. The molecule has 1 unspecified atom stereocenters. The molecule has 0 aromatic carbocycles. The molecule has 1 aliphatic carbocycles. The number of likely N-dealkylation sites (N-methyl/N-ethyl adjacent to an activating group) is 1. The predicted octanol–water partition coefficient (Wildman–Crippen LogP) is 1.92. The average molecular weight is 524 g/mol. The maximum atomic E-state index is 11.9. The third kappa shape index (κ3) is 9.50. The molecule has 1 heterocycles. The van der Waals surface area contributed by atoms with E-state index in [2.05, 4.69) is 15.6 Å². The van der Waals surface area contributed by atoms with Crippen LogP contribution < -0.4 is 10.6 Å². The second kappa shape index (κ2) is 14.0. The standard InChI is InChI=1S/C20H36N4O4.HI/c1-4-27-19(26)15-8-10-16(11-9-15)23-20(22-14-18(25)24(2)3)21-13-17-7-5-6-12-28-17;/h15-17H,4-14H2,1-3H3,(H2,21,22,23);1H. The SMILES string of the molecule is CCOC(=O)C1CCC(NC(=NCC(=O)N(C)C)NCC2CCCCO2)CC1.I. The van der Waals surface area contributed by atoms with Crippen molar-refractivity contribution in [1.82, 2.24) is 15.5 Å². The molecule has 168 valence electrons. The van der Waals surface area contributed by atoms with Gasteiger partial charge in [0.15, 0.2) is 5.96 Å². The highest BCUT2D eigenvalue weighted by molar-refractivity contribution is 14.0. The van der Waals surface area contributed by atoms with Gasteiger partial charge in [-0.05, 0) is 51.9 Å². The van der Waals surface area contributed by atoms with Crippen molar-refractivity contribution in [3.05, 3.63) is 0 Å². The Morgan fingerprint density at radius 1 is 1.14 bits per heavy atom. The minimum atomic E-state index is -0.0843. The summed E-state index contributed by atoms with van der Waals surface area (Å²) in [6.45, 7) is 3.86. The van der Waals surface area contributed by atoms with Crippen LogP contribution in [0.1, 0.15) is 51.9 Å². The Morgan fingerprint density at radius 2 is 1.86 bits per heavy atom.